The maximum atomic E-state index is 10.2. The molecule has 0 bridgehead atoms. The third kappa shape index (κ3) is 2.34. The van der Waals surface area contributed by atoms with E-state index >= 15 is 0 Å². The average molecular weight is 152 g/mol. The number of carbonyl (C=O) groups excluding carboxylic acids is 1. The molecule has 0 amide bonds. The maximum absolute atomic E-state index is 10.2. The van der Waals surface area contributed by atoms with E-state index in [1.165, 1.54) is 0 Å². The second kappa shape index (κ2) is 3.94. The van der Waals surface area contributed by atoms with E-state index in [-0.39, 0.29) is 17.4 Å². The van der Waals surface area contributed by atoms with Crippen molar-refractivity contribution in [3.63, 3.8) is 0 Å². The molecule has 0 rings (SSSR count). The van der Waals surface area contributed by atoms with Crippen LogP contribution < -0.4 is 5.73 Å². The minimum absolute atomic E-state index is 0.105. The molecule has 0 aromatic carbocycles. The Morgan fingerprint density at radius 1 is 1.88 bits per heavy atom. The molecule has 0 aliphatic carbocycles. The van der Waals surface area contributed by atoms with E-state index in [0.29, 0.717) is 0 Å². The van der Waals surface area contributed by atoms with E-state index in [1.807, 2.05) is 0 Å². The van der Waals surface area contributed by atoms with Gasteiger partial charge in [-0.2, -0.15) is 12.6 Å². The van der Waals surface area contributed by atoms with Crippen molar-refractivity contribution in [2.24, 2.45) is 5.73 Å². The topological polar surface area (TPSA) is 60.2 Å². The number of thiol groups is 1. The van der Waals surface area contributed by atoms with Crippen molar-refractivity contribution in [3.8, 4) is 0 Å². The number of rotatable bonds is 2. The molecule has 0 unspecified atom stereocenters. The molecule has 5 heteroatoms. The van der Waals surface area contributed by atoms with Crippen molar-refractivity contribution in [2.45, 2.75) is 6.04 Å². The van der Waals surface area contributed by atoms with Crippen LogP contribution in [0.4, 0.5) is 0 Å². The first kappa shape index (κ1) is 8.00. The van der Waals surface area contributed by atoms with E-state index < -0.39 is 11.2 Å². The molecule has 0 aliphatic heterocycles. The minimum atomic E-state index is -0.708. The third-order valence-corrected chi connectivity index (χ3v) is 1.44. The summed E-state index contributed by atoms with van der Waals surface area (Å²) in [7, 11) is 0. The Morgan fingerprint density at radius 3 is 2.50 bits per heavy atom. The molecule has 8 heavy (non-hydrogen) atoms. The van der Waals surface area contributed by atoms with Crippen molar-refractivity contribution < 1.29 is 9.00 Å². The smallest absolute Gasteiger partial charge is 0.316 e. The summed E-state index contributed by atoms with van der Waals surface area (Å²) in [5.74, 6) is 0.230. The lowest BCUT2D eigenvalue weighted by atomic mass is 10.4. The highest BCUT2D eigenvalue weighted by atomic mass is 32.1. The zero-order valence-corrected chi connectivity index (χ0v) is 5.74. The predicted molar refractivity (Wildman–Crippen MR) is 34.9 cm³/mol. The van der Waals surface area contributed by atoms with Gasteiger partial charge >= 0.3 is 16.8 Å². The Balaban J connectivity index is 3.62. The van der Waals surface area contributed by atoms with Crippen LogP contribution in [0.15, 0.2) is 0 Å². The summed E-state index contributed by atoms with van der Waals surface area (Å²) in [5.41, 5.74) is 5.08. The Morgan fingerprint density at radius 2 is 2.38 bits per heavy atom. The molecule has 0 aliphatic rings. The first-order valence-corrected chi connectivity index (χ1v) is 3.30. The van der Waals surface area contributed by atoms with Gasteiger partial charge in [0.15, 0.2) is 0 Å². The molecular formula is C3H6NO2S2+. The lowest BCUT2D eigenvalue weighted by Gasteiger charge is -1.88. The Labute approximate surface area is 56.5 Å². The number of hydrogen-bond acceptors (Lipinski definition) is 4. The fourth-order valence-corrected chi connectivity index (χ4v) is 0.633. The molecule has 3 nitrogen and oxygen atoms in total. The van der Waals surface area contributed by atoms with Crippen LogP contribution in [0.25, 0.3) is 0 Å². The summed E-state index contributed by atoms with van der Waals surface area (Å²) in [5, 5.41) is -0.556. The zero-order valence-electron chi connectivity index (χ0n) is 4.03. The Kier molecular flexibility index (Phi) is 3.94. The molecule has 0 saturated carbocycles. The molecule has 1 atom stereocenters. The molecule has 0 aromatic heterocycles. The zero-order chi connectivity index (χ0) is 6.57. The highest BCUT2D eigenvalue weighted by Crippen LogP contribution is 1.83. The molecule has 0 heterocycles. The van der Waals surface area contributed by atoms with Crippen LogP contribution in [0.2, 0.25) is 0 Å². The molecule has 2 N–H and O–H groups in total. The summed E-state index contributed by atoms with van der Waals surface area (Å²) < 4.78 is 9.68. The standard InChI is InChI=1S/C3H5NO2S2/c4-2(1-7)3(5)8-6/h2H,1,4H2/p+1/t2-/m0/s1. The number of nitrogens with two attached hydrogens (primary N) is 1. The van der Waals surface area contributed by atoms with Crippen LogP contribution in [-0.2, 0) is 20.7 Å². The van der Waals surface area contributed by atoms with Crippen molar-refractivity contribution in [3.05, 3.63) is 0 Å². The molecule has 0 radical (unpaired) electrons. The lowest BCUT2D eigenvalue weighted by molar-refractivity contribution is -0.111. The van der Waals surface area contributed by atoms with E-state index in [0.717, 1.165) is 0 Å². The minimum Gasteiger partial charge on any atom is -0.316 e. The van der Waals surface area contributed by atoms with Gasteiger partial charge in [-0.15, -0.1) is 0 Å². The monoisotopic (exact) mass is 152 g/mol. The number of carbonyl (C=O) groups is 1. The highest BCUT2D eigenvalue weighted by molar-refractivity contribution is 7.84. The second-order valence-electron chi connectivity index (χ2n) is 1.19. The van der Waals surface area contributed by atoms with Crippen LogP contribution >= 0.6 is 12.6 Å². The second-order valence-corrected chi connectivity index (χ2v) is 2.13. The molecule has 0 aromatic rings. The van der Waals surface area contributed by atoms with Gasteiger partial charge in [0.1, 0.15) is 6.04 Å². The van der Waals surface area contributed by atoms with E-state index in [4.69, 9.17) is 5.73 Å². The van der Waals surface area contributed by atoms with Gasteiger partial charge in [0.25, 0.3) is 0 Å². The van der Waals surface area contributed by atoms with Crippen molar-refractivity contribution in [1.29, 1.82) is 0 Å². The van der Waals surface area contributed by atoms with E-state index in [1.54, 1.807) is 0 Å². The summed E-state index contributed by atoms with van der Waals surface area (Å²) in [6.45, 7) is 0. The Bertz CT molecular complexity index is 105. The first-order chi connectivity index (χ1) is 3.72. The summed E-state index contributed by atoms with van der Waals surface area (Å²) in [6, 6.07) is -0.708. The van der Waals surface area contributed by atoms with Gasteiger partial charge < -0.3 is 5.73 Å². The van der Waals surface area contributed by atoms with Gasteiger partial charge in [-0.1, -0.05) is 0 Å². The van der Waals surface area contributed by atoms with Gasteiger partial charge in [-0.25, -0.2) is 4.79 Å². The van der Waals surface area contributed by atoms with E-state index in [9.17, 15) is 9.00 Å². The van der Waals surface area contributed by atoms with Crippen LogP contribution in [-0.4, -0.2) is 16.9 Å². The fraction of sp³-hybridized carbons (Fsp3) is 0.667. The maximum Gasteiger partial charge on any atom is 0.547 e. The highest BCUT2D eigenvalue weighted by Gasteiger charge is 2.24. The average Bonchev–Trinajstić information content (AvgIpc) is 1.84. The normalized spacial score (nSPS) is 12.8. The predicted octanol–water partition coefficient (Wildman–Crippen LogP) is -0.802. The van der Waals surface area contributed by atoms with Gasteiger partial charge in [-0.3, -0.25) is 0 Å². The molecule has 0 fully saturated rings. The van der Waals surface area contributed by atoms with Crippen molar-refractivity contribution in [2.75, 3.05) is 5.75 Å². The van der Waals surface area contributed by atoms with Gasteiger partial charge in [0.05, 0.1) is 0 Å². The number of hydrogen-bond donors (Lipinski definition) is 2. The molecule has 0 spiro atoms. The SMILES string of the molecule is N[C@@H](CS)C(=O)[S+]=O. The van der Waals surface area contributed by atoms with Crippen molar-refractivity contribution >= 4 is 29.4 Å². The van der Waals surface area contributed by atoms with Gasteiger partial charge in [-0.05, 0) is 0 Å². The first-order valence-electron chi connectivity index (χ1n) is 1.92. The largest absolute Gasteiger partial charge is 0.547 e. The van der Waals surface area contributed by atoms with Crippen LogP contribution in [0.1, 0.15) is 0 Å². The molecular weight excluding hydrogens is 146 g/mol. The summed E-state index contributed by atoms with van der Waals surface area (Å²) >= 11 is 3.61. The molecule has 46 valence electrons. The quantitative estimate of drug-likeness (QED) is 0.402. The third-order valence-electron chi connectivity index (χ3n) is 0.582. The van der Waals surface area contributed by atoms with E-state index in [2.05, 4.69) is 12.6 Å². The lowest BCUT2D eigenvalue weighted by Crippen LogP contribution is -2.31. The Hall–Kier alpha value is -0.0000000000000000278. The van der Waals surface area contributed by atoms with Gasteiger partial charge in [0.2, 0.25) is 0 Å². The fourth-order valence-electron chi connectivity index (χ4n) is 0.136. The van der Waals surface area contributed by atoms with Crippen LogP contribution in [0.5, 0.6) is 0 Å². The molecule has 0 saturated heterocycles. The summed E-state index contributed by atoms with van der Waals surface area (Å²) in [6.07, 6.45) is 0. The van der Waals surface area contributed by atoms with Crippen LogP contribution in [0, 0.1) is 0 Å². The van der Waals surface area contributed by atoms with Crippen LogP contribution in [0.3, 0.4) is 0 Å². The summed E-state index contributed by atoms with van der Waals surface area (Å²) in [4.78, 5) is 10.2. The van der Waals surface area contributed by atoms with Gasteiger partial charge in [0, 0.05) is 9.96 Å². The van der Waals surface area contributed by atoms with Crippen molar-refractivity contribution in [1.82, 2.24) is 0 Å².